The molecule has 1 amide bonds. The minimum absolute atomic E-state index is 0.0805. The summed E-state index contributed by atoms with van der Waals surface area (Å²) in [5, 5.41) is 0. The molecule has 0 atom stereocenters. The van der Waals surface area contributed by atoms with Crippen molar-refractivity contribution in [3.63, 3.8) is 0 Å². The predicted octanol–water partition coefficient (Wildman–Crippen LogP) is 3.62. The Morgan fingerprint density at radius 2 is 1.72 bits per heavy atom. The summed E-state index contributed by atoms with van der Waals surface area (Å²) in [6, 6.07) is 4.78. The third-order valence-electron chi connectivity index (χ3n) is 6.07. The second kappa shape index (κ2) is 6.67. The Kier molecular flexibility index (Phi) is 4.52. The summed E-state index contributed by atoms with van der Waals surface area (Å²) in [6.07, 6.45) is 4.80. The zero-order valence-corrected chi connectivity index (χ0v) is 14.6. The lowest BCUT2D eigenvalue weighted by Gasteiger charge is -2.42. The van der Waals surface area contributed by atoms with Gasteiger partial charge in [-0.1, -0.05) is 12.1 Å². The summed E-state index contributed by atoms with van der Waals surface area (Å²) in [6.45, 7) is 4.22. The third-order valence-corrected chi connectivity index (χ3v) is 6.07. The molecule has 0 bridgehead atoms. The summed E-state index contributed by atoms with van der Waals surface area (Å²) >= 11 is 0. The maximum absolute atomic E-state index is 15.1. The summed E-state index contributed by atoms with van der Waals surface area (Å²) in [5.74, 6) is -0.483. The Labute approximate surface area is 148 Å². The molecule has 0 aromatic heterocycles. The first-order chi connectivity index (χ1) is 12.0. The number of amides is 1. The van der Waals surface area contributed by atoms with Gasteiger partial charge in [-0.2, -0.15) is 0 Å². The first-order valence-electron chi connectivity index (χ1n) is 9.54. The SMILES string of the molecule is O=C(C1CC(F)(c2ccc(CN3CCCC3)c(F)c2)C1)N1CCCC1. The fourth-order valence-electron chi connectivity index (χ4n) is 4.46. The number of halogens is 2. The lowest BCUT2D eigenvalue weighted by molar-refractivity contribution is -0.144. The van der Waals surface area contributed by atoms with Crippen LogP contribution in [0.25, 0.3) is 0 Å². The number of rotatable bonds is 4. The van der Waals surface area contributed by atoms with E-state index in [1.54, 1.807) is 12.1 Å². The lowest BCUT2D eigenvalue weighted by Crippen LogP contribution is -2.46. The van der Waals surface area contributed by atoms with Crippen LogP contribution < -0.4 is 0 Å². The summed E-state index contributed by atoms with van der Waals surface area (Å²) in [4.78, 5) is 16.4. The van der Waals surface area contributed by atoms with Crippen molar-refractivity contribution in [2.24, 2.45) is 5.92 Å². The molecular weight excluding hydrogens is 322 g/mol. The van der Waals surface area contributed by atoms with Crippen LogP contribution in [-0.2, 0) is 17.0 Å². The van der Waals surface area contributed by atoms with Crippen molar-refractivity contribution >= 4 is 5.91 Å². The van der Waals surface area contributed by atoms with Crippen molar-refractivity contribution in [2.45, 2.75) is 50.7 Å². The number of alkyl halides is 1. The highest BCUT2D eigenvalue weighted by Crippen LogP contribution is 2.50. The van der Waals surface area contributed by atoms with Crippen LogP contribution in [0.3, 0.4) is 0 Å². The maximum atomic E-state index is 15.1. The van der Waals surface area contributed by atoms with Crippen LogP contribution >= 0.6 is 0 Å². The van der Waals surface area contributed by atoms with Gasteiger partial charge in [-0.3, -0.25) is 9.69 Å². The van der Waals surface area contributed by atoms with Crippen LogP contribution in [0.5, 0.6) is 0 Å². The molecule has 2 aliphatic heterocycles. The van der Waals surface area contributed by atoms with Crippen molar-refractivity contribution in [2.75, 3.05) is 26.2 Å². The number of nitrogens with zero attached hydrogens (tertiary/aromatic N) is 2. The molecule has 0 radical (unpaired) electrons. The summed E-state index contributed by atoms with van der Waals surface area (Å²) in [5.41, 5.74) is -0.522. The molecule has 2 saturated heterocycles. The van der Waals surface area contributed by atoms with Crippen molar-refractivity contribution in [1.82, 2.24) is 9.80 Å². The molecule has 2 heterocycles. The van der Waals surface area contributed by atoms with Crippen LogP contribution in [-0.4, -0.2) is 41.9 Å². The normalized spacial score (nSPS) is 29.8. The van der Waals surface area contributed by atoms with Gasteiger partial charge in [0, 0.05) is 31.1 Å². The topological polar surface area (TPSA) is 23.6 Å². The van der Waals surface area contributed by atoms with Crippen LogP contribution in [0, 0.1) is 11.7 Å². The zero-order chi connectivity index (χ0) is 17.4. The second-order valence-electron chi connectivity index (χ2n) is 7.89. The Hall–Kier alpha value is -1.49. The molecule has 1 aromatic rings. The van der Waals surface area contributed by atoms with E-state index in [0.29, 0.717) is 17.7 Å². The van der Waals surface area contributed by atoms with Gasteiger partial charge < -0.3 is 4.90 Å². The van der Waals surface area contributed by atoms with Crippen molar-refractivity contribution in [3.05, 3.63) is 35.1 Å². The average Bonchev–Trinajstić information content (AvgIpc) is 3.26. The molecule has 0 spiro atoms. The highest BCUT2D eigenvalue weighted by atomic mass is 19.1. The van der Waals surface area contributed by atoms with Gasteiger partial charge in [0.05, 0.1) is 0 Å². The van der Waals surface area contributed by atoms with E-state index in [9.17, 15) is 9.18 Å². The van der Waals surface area contributed by atoms with Crippen molar-refractivity contribution in [3.8, 4) is 0 Å². The lowest BCUT2D eigenvalue weighted by atomic mass is 9.68. The molecule has 3 nitrogen and oxygen atoms in total. The molecule has 5 heteroatoms. The van der Waals surface area contributed by atoms with E-state index in [4.69, 9.17) is 0 Å². The number of likely N-dealkylation sites (tertiary alicyclic amines) is 2. The van der Waals surface area contributed by atoms with E-state index in [0.717, 1.165) is 39.0 Å². The molecule has 25 heavy (non-hydrogen) atoms. The highest BCUT2D eigenvalue weighted by Gasteiger charge is 2.50. The van der Waals surface area contributed by atoms with Crippen molar-refractivity contribution in [1.29, 1.82) is 0 Å². The zero-order valence-electron chi connectivity index (χ0n) is 14.6. The summed E-state index contributed by atoms with van der Waals surface area (Å²) in [7, 11) is 0. The molecule has 1 saturated carbocycles. The number of carbonyl (C=O) groups is 1. The Morgan fingerprint density at radius 3 is 2.36 bits per heavy atom. The molecule has 3 aliphatic rings. The number of benzene rings is 1. The Morgan fingerprint density at radius 1 is 1.08 bits per heavy atom. The standard InChI is InChI=1S/C20H26F2N2O/c21-18-11-17(6-5-15(18)14-23-7-1-2-8-23)20(22)12-16(13-20)19(25)24-9-3-4-10-24/h5-6,11,16H,1-4,7-10,12-14H2. The van der Waals surface area contributed by atoms with Gasteiger partial charge in [0.2, 0.25) is 5.91 Å². The van der Waals surface area contributed by atoms with Gasteiger partial charge in [0.15, 0.2) is 0 Å². The van der Waals surface area contributed by atoms with Gasteiger partial charge in [-0.05, 0) is 63.2 Å². The van der Waals surface area contributed by atoms with Gasteiger partial charge in [-0.25, -0.2) is 8.78 Å². The fraction of sp³-hybridized carbons (Fsp3) is 0.650. The van der Waals surface area contributed by atoms with E-state index in [2.05, 4.69) is 4.90 Å². The molecule has 1 aromatic carbocycles. The number of hydrogen-bond donors (Lipinski definition) is 0. The van der Waals surface area contributed by atoms with Crippen LogP contribution in [0.1, 0.15) is 49.7 Å². The quantitative estimate of drug-likeness (QED) is 0.830. The van der Waals surface area contributed by atoms with E-state index in [-0.39, 0.29) is 30.5 Å². The van der Waals surface area contributed by atoms with E-state index in [1.807, 2.05) is 4.90 Å². The molecule has 0 N–H and O–H groups in total. The minimum Gasteiger partial charge on any atom is -0.342 e. The van der Waals surface area contributed by atoms with Crippen LogP contribution in [0.15, 0.2) is 18.2 Å². The molecule has 136 valence electrons. The molecule has 3 fully saturated rings. The molecule has 4 rings (SSSR count). The van der Waals surface area contributed by atoms with Crippen LogP contribution in [0.2, 0.25) is 0 Å². The van der Waals surface area contributed by atoms with Gasteiger partial charge in [-0.15, -0.1) is 0 Å². The smallest absolute Gasteiger partial charge is 0.225 e. The largest absolute Gasteiger partial charge is 0.342 e. The highest BCUT2D eigenvalue weighted by molar-refractivity contribution is 5.80. The van der Waals surface area contributed by atoms with Crippen molar-refractivity contribution < 1.29 is 13.6 Å². The Bertz CT molecular complexity index is 645. The van der Waals surface area contributed by atoms with E-state index < -0.39 is 5.67 Å². The number of carbonyl (C=O) groups excluding carboxylic acids is 1. The predicted molar refractivity (Wildman–Crippen MR) is 92.2 cm³/mol. The van der Waals surface area contributed by atoms with Gasteiger partial charge in [0.25, 0.3) is 0 Å². The maximum Gasteiger partial charge on any atom is 0.225 e. The Balaban J connectivity index is 1.40. The minimum atomic E-state index is -1.55. The fourth-order valence-corrected chi connectivity index (χ4v) is 4.46. The monoisotopic (exact) mass is 348 g/mol. The molecule has 0 unspecified atom stereocenters. The van der Waals surface area contributed by atoms with E-state index >= 15 is 4.39 Å². The van der Waals surface area contributed by atoms with Gasteiger partial charge >= 0.3 is 0 Å². The first-order valence-corrected chi connectivity index (χ1v) is 9.54. The third kappa shape index (κ3) is 3.31. The first kappa shape index (κ1) is 17.0. The second-order valence-corrected chi connectivity index (χ2v) is 7.89. The average molecular weight is 348 g/mol. The molecular formula is C20H26F2N2O. The summed E-state index contributed by atoms with van der Waals surface area (Å²) < 4.78 is 29.5. The number of hydrogen-bond acceptors (Lipinski definition) is 2. The van der Waals surface area contributed by atoms with E-state index in [1.165, 1.54) is 18.9 Å². The van der Waals surface area contributed by atoms with Crippen LogP contribution in [0.4, 0.5) is 8.78 Å². The molecule has 1 aliphatic carbocycles. The van der Waals surface area contributed by atoms with Gasteiger partial charge in [0.1, 0.15) is 11.5 Å².